The second-order valence-corrected chi connectivity index (χ2v) is 8.98. The van der Waals surface area contributed by atoms with Gasteiger partial charge in [0.1, 0.15) is 11.9 Å². The highest BCUT2D eigenvalue weighted by Crippen LogP contribution is 2.39. The number of ether oxygens (including phenoxy) is 3. The number of hydrogen-bond donors (Lipinski definition) is 0. The summed E-state index contributed by atoms with van der Waals surface area (Å²) in [4.78, 5) is 10.6. The Balaban J connectivity index is 1.19. The van der Waals surface area contributed by atoms with Crippen LogP contribution in [0.15, 0.2) is 41.6 Å². The molecule has 0 radical (unpaired) electrons. The first kappa shape index (κ1) is 21.8. The van der Waals surface area contributed by atoms with Gasteiger partial charge in [-0.3, -0.25) is 4.90 Å². The van der Waals surface area contributed by atoms with Crippen LogP contribution in [0.1, 0.15) is 12.0 Å². The Kier molecular flexibility index (Phi) is 6.24. The van der Waals surface area contributed by atoms with Crippen molar-refractivity contribution in [3.8, 4) is 17.2 Å². The van der Waals surface area contributed by atoms with Crippen LogP contribution in [0, 0.1) is 0 Å². The van der Waals surface area contributed by atoms with Crippen LogP contribution in [0.2, 0.25) is 0 Å². The van der Waals surface area contributed by atoms with Crippen molar-refractivity contribution in [1.29, 1.82) is 0 Å². The smallest absolute Gasteiger partial charge is 0.203 e. The van der Waals surface area contributed by atoms with Crippen molar-refractivity contribution >= 4 is 33.1 Å². The normalized spacial score (nSPS) is 18.8. The zero-order valence-electron chi connectivity index (χ0n) is 19.1. The van der Waals surface area contributed by atoms with E-state index < -0.39 is 0 Å². The second-order valence-electron chi connectivity index (χ2n) is 8.17. The maximum atomic E-state index is 5.79. The molecular formula is C24H28N4O4S. The summed E-state index contributed by atoms with van der Waals surface area (Å²) < 4.78 is 22.3. The van der Waals surface area contributed by atoms with Crippen molar-refractivity contribution in [2.45, 2.75) is 12.5 Å². The number of hydrogen-bond acceptors (Lipinski definition) is 9. The molecule has 2 aromatic carbocycles. The summed E-state index contributed by atoms with van der Waals surface area (Å²) in [5.41, 5.74) is 1.82. The fourth-order valence-electron chi connectivity index (χ4n) is 4.48. The molecule has 0 bridgehead atoms. The maximum absolute atomic E-state index is 5.79. The number of fused-ring (bicyclic) bond motifs is 1. The van der Waals surface area contributed by atoms with Crippen LogP contribution in [0.3, 0.4) is 0 Å². The Morgan fingerprint density at radius 2 is 1.73 bits per heavy atom. The number of oxime groups is 1. The van der Waals surface area contributed by atoms with E-state index in [0.29, 0.717) is 17.2 Å². The lowest BCUT2D eigenvalue weighted by atomic mass is 10.0. The van der Waals surface area contributed by atoms with Crippen molar-refractivity contribution in [1.82, 2.24) is 9.27 Å². The summed E-state index contributed by atoms with van der Waals surface area (Å²) >= 11 is 1.57. The van der Waals surface area contributed by atoms with E-state index in [-0.39, 0.29) is 6.10 Å². The summed E-state index contributed by atoms with van der Waals surface area (Å²) in [6.45, 7) is 4.72. The molecule has 1 unspecified atom stereocenters. The monoisotopic (exact) mass is 468 g/mol. The lowest BCUT2D eigenvalue weighted by Gasteiger charge is -2.35. The van der Waals surface area contributed by atoms with Crippen molar-refractivity contribution in [3.63, 3.8) is 0 Å². The van der Waals surface area contributed by atoms with E-state index in [1.807, 2.05) is 12.1 Å². The van der Waals surface area contributed by atoms with Crippen LogP contribution in [-0.2, 0) is 4.84 Å². The number of rotatable bonds is 7. The average Bonchev–Trinajstić information content (AvgIpc) is 3.51. The Labute approximate surface area is 197 Å². The van der Waals surface area contributed by atoms with Gasteiger partial charge in [-0.1, -0.05) is 17.3 Å². The minimum Gasteiger partial charge on any atom is -0.493 e. The minimum absolute atomic E-state index is 0.0331. The molecular weight excluding hydrogens is 440 g/mol. The first-order valence-corrected chi connectivity index (χ1v) is 11.8. The van der Waals surface area contributed by atoms with E-state index in [1.54, 1.807) is 32.9 Å². The van der Waals surface area contributed by atoms with Crippen molar-refractivity contribution in [2.24, 2.45) is 5.16 Å². The molecule has 3 aromatic rings. The number of piperazine rings is 1. The highest BCUT2D eigenvalue weighted by molar-refractivity contribution is 7.13. The van der Waals surface area contributed by atoms with Gasteiger partial charge in [0, 0.05) is 50.1 Å². The second kappa shape index (κ2) is 9.44. The predicted molar refractivity (Wildman–Crippen MR) is 130 cm³/mol. The SMILES string of the molecule is COc1cc(C2=NOC(CN3CCN(c4nsc5ccccc45)CC3)C2)cc(OC)c1OC. The van der Waals surface area contributed by atoms with Gasteiger partial charge in [-0.25, -0.2) is 0 Å². The van der Waals surface area contributed by atoms with E-state index in [9.17, 15) is 0 Å². The molecule has 1 aromatic heterocycles. The minimum atomic E-state index is 0.0331. The fraction of sp³-hybridized carbons (Fsp3) is 0.417. The topological polar surface area (TPSA) is 68.7 Å². The summed E-state index contributed by atoms with van der Waals surface area (Å²) in [6, 6.07) is 12.3. The molecule has 33 heavy (non-hydrogen) atoms. The zero-order chi connectivity index (χ0) is 22.8. The Morgan fingerprint density at radius 1 is 1.00 bits per heavy atom. The van der Waals surface area contributed by atoms with Gasteiger partial charge >= 0.3 is 0 Å². The summed E-state index contributed by atoms with van der Waals surface area (Å²) in [5.74, 6) is 2.92. The lowest BCUT2D eigenvalue weighted by molar-refractivity contribution is 0.0510. The van der Waals surface area contributed by atoms with Crippen molar-refractivity contribution in [2.75, 3.05) is 59.0 Å². The molecule has 5 rings (SSSR count). The van der Waals surface area contributed by atoms with Crippen LogP contribution in [0.5, 0.6) is 17.2 Å². The van der Waals surface area contributed by atoms with Crippen LogP contribution in [-0.4, -0.2) is 75.1 Å². The molecule has 0 N–H and O–H groups in total. The summed E-state index contributed by atoms with van der Waals surface area (Å²) in [7, 11) is 4.83. The molecule has 0 amide bonds. The molecule has 1 saturated heterocycles. The summed E-state index contributed by atoms with van der Waals surface area (Å²) in [5, 5.41) is 5.62. The first-order valence-electron chi connectivity index (χ1n) is 11.0. The number of anilines is 1. The summed E-state index contributed by atoms with van der Waals surface area (Å²) in [6.07, 6.45) is 0.779. The van der Waals surface area contributed by atoms with Crippen molar-refractivity contribution < 1.29 is 19.0 Å². The number of nitrogens with zero attached hydrogens (tertiary/aromatic N) is 4. The van der Waals surface area contributed by atoms with Crippen LogP contribution >= 0.6 is 11.5 Å². The number of aromatic nitrogens is 1. The van der Waals surface area contributed by atoms with E-state index in [4.69, 9.17) is 23.4 Å². The zero-order valence-corrected chi connectivity index (χ0v) is 19.9. The highest BCUT2D eigenvalue weighted by atomic mass is 32.1. The Hall–Kier alpha value is -3.04. The van der Waals surface area contributed by atoms with Crippen molar-refractivity contribution in [3.05, 3.63) is 42.0 Å². The highest BCUT2D eigenvalue weighted by Gasteiger charge is 2.28. The quantitative estimate of drug-likeness (QED) is 0.524. The third-order valence-electron chi connectivity index (χ3n) is 6.22. The standard InChI is InChI=1S/C24H28N4O4S/c1-29-20-12-16(13-21(30-2)23(20)31-3)19-14-17(32-25-19)15-27-8-10-28(11-9-27)24-18-6-4-5-7-22(18)33-26-24/h4-7,12-13,17H,8-11,14-15H2,1-3H3. The molecule has 174 valence electrons. The van der Waals surface area contributed by atoms with Gasteiger partial charge in [0.15, 0.2) is 11.5 Å². The molecule has 1 fully saturated rings. The van der Waals surface area contributed by atoms with E-state index in [1.165, 1.54) is 10.1 Å². The maximum Gasteiger partial charge on any atom is 0.203 e. The molecule has 0 saturated carbocycles. The molecule has 2 aliphatic heterocycles. The number of methoxy groups -OCH3 is 3. The van der Waals surface area contributed by atoms with Crippen LogP contribution in [0.25, 0.3) is 10.1 Å². The van der Waals surface area contributed by atoms with Crippen LogP contribution < -0.4 is 19.1 Å². The lowest BCUT2D eigenvalue weighted by Crippen LogP contribution is -2.48. The van der Waals surface area contributed by atoms with E-state index >= 15 is 0 Å². The molecule has 0 aliphatic carbocycles. The van der Waals surface area contributed by atoms with Crippen LogP contribution in [0.4, 0.5) is 5.82 Å². The third-order valence-corrected chi connectivity index (χ3v) is 7.04. The van der Waals surface area contributed by atoms with E-state index in [0.717, 1.165) is 56.2 Å². The average molecular weight is 469 g/mol. The predicted octanol–water partition coefficient (Wildman–Crippen LogP) is 3.64. The Bertz CT molecular complexity index is 1130. The van der Waals surface area contributed by atoms with Gasteiger partial charge in [0.25, 0.3) is 0 Å². The number of benzene rings is 2. The van der Waals surface area contributed by atoms with Gasteiger partial charge in [-0.15, -0.1) is 0 Å². The third kappa shape index (κ3) is 4.30. The molecule has 3 heterocycles. The van der Waals surface area contributed by atoms with Gasteiger partial charge < -0.3 is 23.9 Å². The molecule has 0 spiro atoms. The molecule has 8 nitrogen and oxygen atoms in total. The molecule has 1 atom stereocenters. The van der Waals surface area contributed by atoms with Gasteiger partial charge in [0.05, 0.1) is 31.7 Å². The van der Waals surface area contributed by atoms with Gasteiger partial charge in [0.2, 0.25) is 5.75 Å². The Morgan fingerprint density at radius 3 is 2.42 bits per heavy atom. The first-order chi connectivity index (χ1) is 16.2. The van der Waals surface area contributed by atoms with Gasteiger partial charge in [-0.2, -0.15) is 4.37 Å². The molecule has 2 aliphatic rings. The largest absolute Gasteiger partial charge is 0.493 e. The fourth-order valence-corrected chi connectivity index (χ4v) is 5.27. The molecule has 9 heteroatoms. The van der Waals surface area contributed by atoms with Gasteiger partial charge in [-0.05, 0) is 35.8 Å². The van der Waals surface area contributed by atoms with E-state index in [2.05, 4.69) is 39.2 Å².